The molecule has 15 nitrogen and oxygen atoms in total. The third-order valence-corrected chi connectivity index (χ3v) is 5.29. The molecule has 2 saturated heterocycles. The Morgan fingerprint density at radius 1 is 0.694 bits per heavy atom. The van der Waals surface area contributed by atoms with Crippen molar-refractivity contribution in [2.75, 3.05) is 20.3 Å². The third kappa shape index (κ3) is 7.55. The van der Waals surface area contributed by atoms with Gasteiger partial charge in [0.2, 0.25) is 0 Å². The van der Waals surface area contributed by atoms with Gasteiger partial charge in [-0.25, -0.2) is 0 Å². The molecule has 0 aliphatic carbocycles. The summed E-state index contributed by atoms with van der Waals surface area (Å²) in [6.45, 7) is 3.16. The number of rotatable bonds is 9. The minimum atomic E-state index is -1.66. The normalized spacial score (nSPS) is 36.4. The van der Waals surface area contributed by atoms with Gasteiger partial charge in [0.05, 0.1) is 6.61 Å². The molecule has 3 N–H and O–H groups in total. The largest absolute Gasteiger partial charge is 0.463 e. The zero-order valence-corrected chi connectivity index (χ0v) is 20.4. The molecule has 10 atom stereocenters. The maximum atomic E-state index is 11.9. The van der Waals surface area contributed by atoms with Crippen LogP contribution in [0.15, 0.2) is 0 Å². The topological polar surface area (TPSA) is 203 Å². The van der Waals surface area contributed by atoms with Crippen molar-refractivity contribution in [2.24, 2.45) is 0 Å². The molecule has 0 saturated carbocycles. The molecule has 206 valence electrons. The number of esters is 4. The predicted molar refractivity (Wildman–Crippen MR) is 112 cm³/mol. The Morgan fingerprint density at radius 2 is 1.22 bits per heavy atom. The number of aliphatic hydroxyl groups excluding tert-OH is 3. The summed E-state index contributed by atoms with van der Waals surface area (Å²) in [5, 5.41) is 30.8. The fourth-order valence-electron chi connectivity index (χ4n) is 3.86. The Labute approximate surface area is 206 Å². The lowest BCUT2D eigenvalue weighted by Gasteiger charge is -2.47. The Balaban J connectivity index is 2.48. The minimum Gasteiger partial charge on any atom is -0.463 e. The van der Waals surface area contributed by atoms with E-state index in [0.717, 1.165) is 27.7 Å². The molecule has 0 bridgehead atoms. The van der Waals surface area contributed by atoms with E-state index in [1.165, 1.54) is 7.11 Å². The van der Waals surface area contributed by atoms with Gasteiger partial charge in [0.15, 0.2) is 30.9 Å². The van der Waals surface area contributed by atoms with Crippen molar-refractivity contribution in [2.45, 2.75) is 89.1 Å². The van der Waals surface area contributed by atoms with E-state index in [4.69, 9.17) is 37.9 Å². The van der Waals surface area contributed by atoms with Crippen LogP contribution in [0.1, 0.15) is 27.7 Å². The summed E-state index contributed by atoms with van der Waals surface area (Å²) < 4.78 is 42.7. The van der Waals surface area contributed by atoms with E-state index in [1.807, 2.05) is 0 Å². The summed E-state index contributed by atoms with van der Waals surface area (Å²) in [4.78, 5) is 47.0. The highest BCUT2D eigenvalue weighted by Gasteiger charge is 2.55. The number of methoxy groups -OCH3 is 1. The smallest absolute Gasteiger partial charge is 0.303 e. The van der Waals surface area contributed by atoms with E-state index < -0.39 is 98.5 Å². The molecule has 0 aromatic heterocycles. The van der Waals surface area contributed by atoms with Crippen molar-refractivity contribution >= 4 is 23.9 Å². The lowest BCUT2D eigenvalue weighted by Crippen LogP contribution is -2.66. The van der Waals surface area contributed by atoms with Crippen molar-refractivity contribution < 1.29 is 72.4 Å². The van der Waals surface area contributed by atoms with Gasteiger partial charge in [-0.3, -0.25) is 19.2 Å². The Hall–Kier alpha value is -2.40. The van der Waals surface area contributed by atoms with Crippen LogP contribution in [0.4, 0.5) is 0 Å². The molecule has 2 aliphatic heterocycles. The van der Waals surface area contributed by atoms with Crippen molar-refractivity contribution in [1.82, 2.24) is 0 Å². The summed E-state index contributed by atoms with van der Waals surface area (Å²) in [5.41, 5.74) is 0. The molecule has 36 heavy (non-hydrogen) atoms. The summed E-state index contributed by atoms with van der Waals surface area (Å²) >= 11 is 0. The zero-order chi connectivity index (χ0) is 27.2. The second-order valence-corrected chi connectivity index (χ2v) is 8.11. The molecule has 2 fully saturated rings. The van der Waals surface area contributed by atoms with Gasteiger partial charge in [0, 0.05) is 34.8 Å². The van der Waals surface area contributed by atoms with Gasteiger partial charge in [-0.2, -0.15) is 0 Å². The molecule has 0 unspecified atom stereocenters. The first-order chi connectivity index (χ1) is 16.9. The van der Waals surface area contributed by atoms with E-state index in [0.29, 0.717) is 0 Å². The molecule has 15 heteroatoms. The Bertz CT molecular complexity index is 771. The SMILES string of the molecule is CO[C@H]1O[C@H](CO)[C@H](O)[C@H](O[C@@H]2O[C@H](COC(C)=O)[C@H](OC(C)=O)[C@H](OC(C)=O)[C@H]2OC(C)=O)[C@H]1O. The number of hydrogen-bond donors (Lipinski definition) is 3. The summed E-state index contributed by atoms with van der Waals surface area (Å²) in [7, 11) is 1.21. The van der Waals surface area contributed by atoms with Crippen molar-refractivity contribution in [1.29, 1.82) is 0 Å². The van der Waals surface area contributed by atoms with E-state index in [-0.39, 0.29) is 0 Å². The highest BCUT2D eigenvalue weighted by Crippen LogP contribution is 2.33. The minimum absolute atomic E-state index is 0.490. The van der Waals surface area contributed by atoms with E-state index >= 15 is 0 Å². The van der Waals surface area contributed by atoms with Gasteiger partial charge in [-0.05, 0) is 0 Å². The lowest BCUT2D eigenvalue weighted by molar-refractivity contribution is -0.359. The number of ether oxygens (including phenoxy) is 8. The van der Waals surface area contributed by atoms with Crippen LogP contribution in [0.2, 0.25) is 0 Å². The second-order valence-electron chi connectivity index (χ2n) is 8.11. The number of carbonyl (C=O) groups excluding carboxylic acids is 4. The molecule has 0 aromatic carbocycles. The molecular formula is C21H32O15. The monoisotopic (exact) mass is 524 g/mol. The van der Waals surface area contributed by atoms with Crippen LogP contribution < -0.4 is 0 Å². The van der Waals surface area contributed by atoms with Gasteiger partial charge in [0.25, 0.3) is 0 Å². The Kier molecular flexibility index (Phi) is 11.0. The Morgan fingerprint density at radius 3 is 1.72 bits per heavy atom. The lowest BCUT2D eigenvalue weighted by atomic mass is 9.96. The predicted octanol–water partition coefficient (Wildman–Crippen LogP) is -2.46. The van der Waals surface area contributed by atoms with Crippen LogP contribution in [-0.4, -0.2) is 121 Å². The first kappa shape index (κ1) is 29.8. The van der Waals surface area contributed by atoms with Crippen LogP contribution >= 0.6 is 0 Å². The van der Waals surface area contributed by atoms with Crippen LogP contribution in [-0.2, 0) is 57.1 Å². The fourth-order valence-corrected chi connectivity index (χ4v) is 3.86. The molecule has 2 rings (SSSR count). The van der Waals surface area contributed by atoms with Gasteiger partial charge in [0.1, 0.15) is 37.1 Å². The number of hydrogen-bond acceptors (Lipinski definition) is 15. The summed E-state index contributed by atoms with van der Waals surface area (Å²) in [5.74, 6) is -3.20. The first-order valence-electron chi connectivity index (χ1n) is 11.0. The number of aliphatic hydroxyl groups is 3. The second kappa shape index (κ2) is 13.2. The van der Waals surface area contributed by atoms with Crippen molar-refractivity contribution in [3.05, 3.63) is 0 Å². The first-order valence-corrected chi connectivity index (χ1v) is 11.0. The molecule has 0 radical (unpaired) electrons. The third-order valence-electron chi connectivity index (χ3n) is 5.29. The number of carbonyl (C=O) groups is 4. The van der Waals surface area contributed by atoms with E-state index in [9.17, 15) is 34.5 Å². The maximum absolute atomic E-state index is 11.9. The highest BCUT2D eigenvalue weighted by molar-refractivity contribution is 5.68. The summed E-state index contributed by atoms with van der Waals surface area (Å²) in [6, 6.07) is 0. The van der Waals surface area contributed by atoms with Gasteiger partial charge in [-0.15, -0.1) is 0 Å². The quantitative estimate of drug-likeness (QED) is 0.211. The van der Waals surface area contributed by atoms with Crippen molar-refractivity contribution in [3.8, 4) is 0 Å². The molecular weight excluding hydrogens is 492 g/mol. The standard InChI is InChI=1S/C21H32O15/c1-8(23)30-7-13-16(31-9(2)24)18(32-10(3)25)19(33-11(4)26)21(35-13)36-17-14(27)12(6-22)34-20(29-5)15(17)28/h12-22,27-28H,6-7H2,1-5H3/t12-,13-,14+,15-,16+,17+,18+,19-,20+,21+/m1/s1. The maximum Gasteiger partial charge on any atom is 0.303 e. The molecule has 0 aromatic rings. The zero-order valence-electron chi connectivity index (χ0n) is 20.4. The molecule has 0 amide bonds. The fraction of sp³-hybridized carbons (Fsp3) is 0.810. The van der Waals surface area contributed by atoms with Crippen LogP contribution in [0.5, 0.6) is 0 Å². The van der Waals surface area contributed by atoms with Crippen LogP contribution in [0.25, 0.3) is 0 Å². The van der Waals surface area contributed by atoms with Crippen LogP contribution in [0.3, 0.4) is 0 Å². The average Bonchev–Trinajstić information content (AvgIpc) is 2.78. The van der Waals surface area contributed by atoms with Gasteiger partial charge < -0.3 is 53.2 Å². The molecule has 2 aliphatic rings. The van der Waals surface area contributed by atoms with Crippen molar-refractivity contribution in [3.63, 3.8) is 0 Å². The van der Waals surface area contributed by atoms with Gasteiger partial charge in [-0.1, -0.05) is 0 Å². The average molecular weight is 524 g/mol. The van der Waals surface area contributed by atoms with E-state index in [2.05, 4.69) is 0 Å². The highest BCUT2D eigenvalue weighted by atomic mass is 16.8. The van der Waals surface area contributed by atoms with E-state index in [1.54, 1.807) is 0 Å². The molecule has 0 spiro atoms. The molecule has 2 heterocycles. The summed E-state index contributed by atoms with van der Waals surface area (Å²) in [6.07, 6.45) is -14.7. The van der Waals surface area contributed by atoms with Gasteiger partial charge >= 0.3 is 23.9 Å². The van der Waals surface area contributed by atoms with Crippen LogP contribution in [0, 0.1) is 0 Å².